The SMILES string of the molecule is [CH2]CN(CC)C(=O)c1ccc(C=O)cc1. The zero-order valence-electron chi connectivity index (χ0n) is 8.77. The van der Waals surface area contributed by atoms with Crippen LogP contribution in [0.25, 0.3) is 0 Å². The summed E-state index contributed by atoms with van der Waals surface area (Å²) in [4.78, 5) is 23.9. The predicted octanol–water partition coefficient (Wildman–Crippen LogP) is 1.80. The summed E-state index contributed by atoms with van der Waals surface area (Å²) < 4.78 is 0. The number of amides is 1. The highest BCUT2D eigenvalue weighted by Crippen LogP contribution is 2.06. The van der Waals surface area contributed by atoms with Crippen molar-refractivity contribution in [3.8, 4) is 0 Å². The standard InChI is InChI=1S/C12H14NO2/c1-3-13(4-2)12(15)11-7-5-10(9-14)6-8-11/h5-9H,1,3-4H2,2H3. The predicted molar refractivity (Wildman–Crippen MR) is 58.8 cm³/mol. The van der Waals surface area contributed by atoms with Crippen LogP contribution < -0.4 is 0 Å². The van der Waals surface area contributed by atoms with Gasteiger partial charge in [0.15, 0.2) is 0 Å². The lowest BCUT2D eigenvalue weighted by Crippen LogP contribution is -2.30. The van der Waals surface area contributed by atoms with Crippen LogP contribution in [0.15, 0.2) is 24.3 Å². The molecule has 15 heavy (non-hydrogen) atoms. The number of hydrogen-bond donors (Lipinski definition) is 0. The molecule has 0 bridgehead atoms. The molecule has 0 fully saturated rings. The van der Waals surface area contributed by atoms with Gasteiger partial charge in [0.05, 0.1) is 0 Å². The Bertz CT molecular complexity index is 339. The molecule has 1 rings (SSSR count). The topological polar surface area (TPSA) is 37.4 Å². The van der Waals surface area contributed by atoms with Crippen LogP contribution in [0, 0.1) is 6.92 Å². The van der Waals surface area contributed by atoms with E-state index in [-0.39, 0.29) is 5.91 Å². The second-order valence-corrected chi connectivity index (χ2v) is 3.12. The molecule has 79 valence electrons. The molecule has 1 amide bonds. The highest BCUT2D eigenvalue weighted by Gasteiger charge is 2.11. The molecule has 0 unspecified atom stereocenters. The van der Waals surface area contributed by atoms with E-state index in [1.165, 1.54) is 0 Å². The van der Waals surface area contributed by atoms with Gasteiger partial charge >= 0.3 is 0 Å². The van der Waals surface area contributed by atoms with Crippen LogP contribution in [0.4, 0.5) is 0 Å². The Balaban J connectivity index is 2.86. The minimum atomic E-state index is -0.0510. The summed E-state index contributed by atoms with van der Waals surface area (Å²) in [5.74, 6) is -0.0510. The zero-order valence-corrected chi connectivity index (χ0v) is 8.77. The van der Waals surface area contributed by atoms with Crippen LogP contribution in [0.5, 0.6) is 0 Å². The molecule has 1 aromatic rings. The first kappa shape index (κ1) is 11.4. The number of benzene rings is 1. The number of hydrogen-bond acceptors (Lipinski definition) is 2. The number of carbonyl (C=O) groups is 2. The van der Waals surface area contributed by atoms with Crippen molar-refractivity contribution in [2.24, 2.45) is 0 Å². The van der Waals surface area contributed by atoms with E-state index in [1.807, 2.05) is 6.92 Å². The van der Waals surface area contributed by atoms with E-state index in [4.69, 9.17) is 0 Å². The summed E-state index contributed by atoms with van der Waals surface area (Å²) in [6.45, 7) is 6.68. The molecule has 0 aliphatic rings. The lowest BCUT2D eigenvalue weighted by atomic mass is 10.1. The van der Waals surface area contributed by atoms with Crippen LogP contribution >= 0.6 is 0 Å². The maximum Gasteiger partial charge on any atom is 0.253 e. The van der Waals surface area contributed by atoms with Crippen molar-refractivity contribution in [1.82, 2.24) is 4.90 Å². The van der Waals surface area contributed by atoms with Gasteiger partial charge in [-0.15, -0.1) is 0 Å². The Morgan fingerprint density at radius 2 is 2.00 bits per heavy atom. The van der Waals surface area contributed by atoms with E-state index in [1.54, 1.807) is 29.2 Å². The maximum atomic E-state index is 11.8. The molecule has 0 aliphatic heterocycles. The first-order chi connectivity index (χ1) is 7.22. The van der Waals surface area contributed by atoms with Gasteiger partial charge in [-0.3, -0.25) is 9.59 Å². The Kier molecular flexibility index (Phi) is 4.03. The molecule has 0 aliphatic carbocycles. The molecule has 0 saturated carbocycles. The molecule has 0 spiro atoms. The van der Waals surface area contributed by atoms with Gasteiger partial charge in [-0.1, -0.05) is 12.1 Å². The van der Waals surface area contributed by atoms with Crippen molar-refractivity contribution in [3.63, 3.8) is 0 Å². The lowest BCUT2D eigenvalue weighted by Gasteiger charge is -2.18. The summed E-state index contributed by atoms with van der Waals surface area (Å²) in [5.41, 5.74) is 1.16. The molecule has 0 saturated heterocycles. The minimum Gasteiger partial charge on any atom is -0.339 e. The Morgan fingerprint density at radius 3 is 2.40 bits per heavy atom. The second kappa shape index (κ2) is 5.29. The third kappa shape index (κ3) is 2.65. The van der Waals surface area contributed by atoms with Crippen molar-refractivity contribution in [1.29, 1.82) is 0 Å². The summed E-state index contributed by atoms with van der Waals surface area (Å²) in [7, 11) is 0. The molecule has 1 aromatic carbocycles. The van der Waals surface area contributed by atoms with E-state index in [9.17, 15) is 9.59 Å². The molecular formula is C12H14NO2. The fraction of sp³-hybridized carbons (Fsp3) is 0.250. The number of aldehydes is 1. The fourth-order valence-electron chi connectivity index (χ4n) is 1.29. The van der Waals surface area contributed by atoms with Crippen LogP contribution in [-0.2, 0) is 0 Å². The van der Waals surface area contributed by atoms with Crippen LogP contribution in [0.1, 0.15) is 27.6 Å². The Labute approximate surface area is 89.7 Å². The molecule has 0 heterocycles. The van der Waals surface area contributed by atoms with Crippen LogP contribution in [-0.4, -0.2) is 30.2 Å². The van der Waals surface area contributed by atoms with Crippen molar-refractivity contribution < 1.29 is 9.59 Å². The molecule has 1 radical (unpaired) electrons. The number of rotatable bonds is 4. The van der Waals surface area contributed by atoms with Crippen LogP contribution in [0.2, 0.25) is 0 Å². The quantitative estimate of drug-likeness (QED) is 0.701. The second-order valence-electron chi connectivity index (χ2n) is 3.12. The Hall–Kier alpha value is -1.64. The monoisotopic (exact) mass is 204 g/mol. The molecule has 0 aromatic heterocycles. The number of carbonyl (C=O) groups excluding carboxylic acids is 2. The summed E-state index contributed by atoms with van der Waals surface area (Å²) in [5, 5.41) is 0. The van der Waals surface area contributed by atoms with Gasteiger partial charge in [-0.25, -0.2) is 0 Å². The van der Waals surface area contributed by atoms with Gasteiger partial charge in [-0.2, -0.15) is 0 Å². The van der Waals surface area contributed by atoms with Gasteiger partial charge in [0, 0.05) is 24.2 Å². The maximum absolute atomic E-state index is 11.8. The summed E-state index contributed by atoms with van der Waals surface area (Å²) in [6.07, 6.45) is 0.757. The highest BCUT2D eigenvalue weighted by atomic mass is 16.2. The first-order valence-corrected chi connectivity index (χ1v) is 4.86. The first-order valence-electron chi connectivity index (χ1n) is 4.86. The van der Waals surface area contributed by atoms with Gasteiger partial charge < -0.3 is 4.90 Å². The van der Waals surface area contributed by atoms with E-state index in [2.05, 4.69) is 6.92 Å². The van der Waals surface area contributed by atoms with Crippen molar-refractivity contribution in [3.05, 3.63) is 42.3 Å². The largest absolute Gasteiger partial charge is 0.339 e. The molecule has 0 N–H and O–H groups in total. The Morgan fingerprint density at radius 1 is 1.40 bits per heavy atom. The fourth-order valence-corrected chi connectivity index (χ4v) is 1.29. The normalized spacial score (nSPS) is 9.73. The van der Waals surface area contributed by atoms with E-state index < -0.39 is 0 Å². The highest BCUT2D eigenvalue weighted by molar-refractivity contribution is 5.94. The van der Waals surface area contributed by atoms with Crippen LogP contribution in [0.3, 0.4) is 0 Å². The minimum absolute atomic E-state index is 0.0510. The molecule has 0 atom stereocenters. The van der Waals surface area contributed by atoms with Gasteiger partial charge in [0.2, 0.25) is 0 Å². The summed E-state index contributed by atoms with van der Waals surface area (Å²) in [6, 6.07) is 6.59. The van der Waals surface area contributed by atoms with E-state index in [0.717, 1.165) is 6.29 Å². The average Bonchev–Trinajstić information content (AvgIpc) is 2.30. The van der Waals surface area contributed by atoms with E-state index >= 15 is 0 Å². The third-order valence-electron chi connectivity index (χ3n) is 2.23. The van der Waals surface area contributed by atoms with E-state index in [0.29, 0.717) is 24.2 Å². The molecule has 3 nitrogen and oxygen atoms in total. The molecule has 3 heteroatoms. The number of nitrogens with zero attached hydrogens (tertiary/aromatic N) is 1. The van der Waals surface area contributed by atoms with Gasteiger partial charge in [0.25, 0.3) is 5.91 Å². The smallest absolute Gasteiger partial charge is 0.253 e. The molecular weight excluding hydrogens is 190 g/mol. The average molecular weight is 204 g/mol. The van der Waals surface area contributed by atoms with Crippen molar-refractivity contribution in [2.75, 3.05) is 13.1 Å². The third-order valence-corrected chi connectivity index (χ3v) is 2.23. The van der Waals surface area contributed by atoms with Crippen molar-refractivity contribution >= 4 is 12.2 Å². The van der Waals surface area contributed by atoms with Gasteiger partial charge in [-0.05, 0) is 26.0 Å². The summed E-state index contributed by atoms with van der Waals surface area (Å²) >= 11 is 0. The zero-order chi connectivity index (χ0) is 11.3. The lowest BCUT2D eigenvalue weighted by molar-refractivity contribution is 0.0781. The van der Waals surface area contributed by atoms with Gasteiger partial charge in [0.1, 0.15) is 6.29 Å². The van der Waals surface area contributed by atoms with Crippen molar-refractivity contribution in [2.45, 2.75) is 6.92 Å².